The molecule has 0 aliphatic heterocycles. The summed E-state index contributed by atoms with van der Waals surface area (Å²) < 4.78 is 0. The minimum absolute atomic E-state index is 0.00757. The lowest BCUT2D eigenvalue weighted by Gasteiger charge is -2.26. The van der Waals surface area contributed by atoms with E-state index in [0.717, 1.165) is 25.8 Å². The highest BCUT2D eigenvalue weighted by Crippen LogP contribution is 2.37. The number of nitrogens with two attached hydrogens (primary N) is 1. The van der Waals surface area contributed by atoms with Crippen LogP contribution in [0.5, 0.6) is 0 Å². The van der Waals surface area contributed by atoms with E-state index < -0.39 is 11.5 Å². The molecule has 1 aromatic rings. The maximum atomic E-state index is 11.5. The van der Waals surface area contributed by atoms with E-state index in [4.69, 9.17) is 13.6 Å². The van der Waals surface area contributed by atoms with Crippen LogP contribution in [0.4, 0.5) is 0 Å². The molecule has 4 nitrogen and oxygen atoms in total. The zero-order valence-electron chi connectivity index (χ0n) is 12.3. The van der Waals surface area contributed by atoms with Crippen molar-refractivity contribution in [2.75, 3.05) is 0 Å². The molecule has 0 saturated heterocycles. The van der Waals surface area contributed by atoms with E-state index in [1.165, 1.54) is 5.56 Å². The number of hydrogen-bond acceptors (Lipinski definition) is 3. The molecule has 0 bridgehead atoms. The van der Waals surface area contributed by atoms with E-state index in [-0.39, 0.29) is 12.0 Å². The van der Waals surface area contributed by atoms with E-state index in [1.807, 2.05) is 18.2 Å². The lowest BCUT2D eigenvalue weighted by molar-refractivity contribution is -0.144. The second-order valence-electron chi connectivity index (χ2n) is 5.98. The van der Waals surface area contributed by atoms with Gasteiger partial charge in [0.15, 0.2) is 0 Å². The third-order valence-electron chi connectivity index (χ3n) is 4.47. The summed E-state index contributed by atoms with van der Waals surface area (Å²) in [5, 5.41) is 12.9. The molecule has 0 amide bonds. The highest BCUT2D eigenvalue weighted by molar-refractivity contribution is 6.08. The van der Waals surface area contributed by atoms with Crippen LogP contribution in [0.15, 0.2) is 30.3 Å². The van der Waals surface area contributed by atoms with Gasteiger partial charge in [-0.3, -0.25) is 4.79 Å². The largest absolute Gasteiger partial charge is 0.480 e. The third-order valence-corrected chi connectivity index (χ3v) is 4.47. The van der Waals surface area contributed by atoms with Gasteiger partial charge < -0.3 is 16.2 Å². The van der Waals surface area contributed by atoms with E-state index in [2.05, 4.69) is 17.4 Å². The van der Waals surface area contributed by atoms with Crippen molar-refractivity contribution in [1.29, 1.82) is 0 Å². The van der Waals surface area contributed by atoms with Crippen molar-refractivity contribution in [2.24, 2.45) is 11.7 Å². The first kappa shape index (κ1) is 16.1. The lowest BCUT2D eigenvalue weighted by Crippen LogP contribution is -2.51. The van der Waals surface area contributed by atoms with Gasteiger partial charge in [0.2, 0.25) is 0 Å². The Hall–Kier alpha value is -1.33. The molecule has 0 aromatic heterocycles. The fraction of sp³-hybridized carbons (Fsp3) is 0.562. The molecule has 1 aromatic carbocycles. The Bertz CT molecular complexity index is 469. The molecule has 0 unspecified atom stereocenters. The maximum Gasteiger partial charge on any atom is 0.324 e. The first-order chi connectivity index (χ1) is 10.1. The minimum Gasteiger partial charge on any atom is -0.480 e. The summed E-state index contributed by atoms with van der Waals surface area (Å²) in [6.07, 6.45) is 3.46. The molecule has 1 saturated carbocycles. The zero-order chi connectivity index (χ0) is 15.3. The number of nitrogens with one attached hydrogen (secondary N) is 1. The van der Waals surface area contributed by atoms with Gasteiger partial charge in [-0.05, 0) is 30.7 Å². The van der Waals surface area contributed by atoms with Crippen molar-refractivity contribution < 1.29 is 9.90 Å². The molecule has 2 rings (SSSR count). The minimum atomic E-state index is -1.12. The fourth-order valence-electron chi connectivity index (χ4n) is 3.23. The Morgan fingerprint density at radius 3 is 2.76 bits per heavy atom. The van der Waals surface area contributed by atoms with Crippen LogP contribution in [0.3, 0.4) is 0 Å². The normalized spacial score (nSPS) is 28.6. The molecular weight excluding hydrogens is 263 g/mol. The van der Waals surface area contributed by atoms with Crippen LogP contribution in [0, 0.1) is 5.92 Å². The molecule has 112 valence electrons. The van der Waals surface area contributed by atoms with Crippen LogP contribution in [-0.4, -0.2) is 30.5 Å². The predicted molar refractivity (Wildman–Crippen MR) is 84.1 cm³/mol. The molecule has 2 radical (unpaired) electrons. The number of carboxylic acids is 1. The zero-order valence-corrected chi connectivity index (χ0v) is 12.3. The average Bonchev–Trinajstić information content (AvgIpc) is 2.82. The Kier molecular flexibility index (Phi) is 5.42. The van der Waals surface area contributed by atoms with E-state index in [1.54, 1.807) is 0 Å². The van der Waals surface area contributed by atoms with Gasteiger partial charge in [-0.2, -0.15) is 0 Å². The summed E-state index contributed by atoms with van der Waals surface area (Å²) in [5.41, 5.74) is 6.24. The Morgan fingerprint density at radius 2 is 2.14 bits per heavy atom. The van der Waals surface area contributed by atoms with Crippen LogP contribution in [0.25, 0.3) is 0 Å². The summed E-state index contributed by atoms with van der Waals surface area (Å²) in [6, 6.07) is 10.2. The van der Waals surface area contributed by atoms with Gasteiger partial charge in [0.1, 0.15) is 5.54 Å². The van der Waals surface area contributed by atoms with Crippen molar-refractivity contribution in [3.8, 4) is 0 Å². The van der Waals surface area contributed by atoms with E-state index in [9.17, 15) is 9.90 Å². The van der Waals surface area contributed by atoms with Gasteiger partial charge >= 0.3 is 5.97 Å². The molecule has 0 heterocycles. The summed E-state index contributed by atoms with van der Waals surface area (Å²) >= 11 is 0. The number of aliphatic carboxylic acids is 1. The first-order valence-corrected chi connectivity index (χ1v) is 7.56. The summed E-state index contributed by atoms with van der Waals surface area (Å²) in [6.45, 7) is 0.741. The molecule has 1 aliphatic rings. The van der Waals surface area contributed by atoms with Crippen molar-refractivity contribution in [1.82, 2.24) is 5.32 Å². The molecule has 5 heteroatoms. The average molecular weight is 286 g/mol. The van der Waals surface area contributed by atoms with Crippen molar-refractivity contribution >= 4 is 13.8 Å². The van der Waals surface area contributed by atoms with E-state index >= 15 is 0 Å². The number of carboxylic acid groups (broad SMARTS) is 1. The first-order valence-electron chi connectivity index (χ1n) is 7.56. The van der Waals surface area contributed by atoms with Crippen LogP contribution in [0.1, 0.15) is 31.2 Å². The number of benzene rings is 1. The number of rotatable bonds is 7. The highest BCUT2D eigenvalue weighted by Gasteiger charge is 2.49. The van der Waals surface area contributed by atoms with Crippen molar-refractivity contribution in [3.05, 3.63) is 35.9 Å². The Balaban J connectivity index is 1.95. The molecule has 4 N–H and O–H groups in total. The third kappa shape index (κ3) is 3.86. The van der Waals surface area contributed by atoms with Crippen LogP contribution < -0.4 is 11.1 Å². The number of hydrogen-bond donors (Lipinski definition) is 3. The standard InChI is InChI=1S/C16H23BN2O2/c17-8-4-7-13-9-14(10-16(13,18)15(20)21)19-11-12-5-2-1-3-6-12/h1-3,5-6,13-14,19H,4,7-11,18H2,(H,20,21)/t13-,14-,16-/m0/s1. The SMILES string of the molecule is [B]CCC[C@H]1C[C@H](NCc2ccccc2)C[C@@]1(N)C(=O)O. The van der Waals surface area contributed by atoms with Crippen LogP contribution in [-0.2, 0) is 11.3 Å². The Morgan fingerprint density at radius 1 is 1.43 bits per heavy atom. The monoisotopic (exact) mass is 286 g/mol. The maximum absolute atomic E-state index is 11.5. The summed E-state index contributed by atoms with van der Waals surface area (Å²) in [4.78, 5) is 11.5. The van der Waals surface area contributed by atoms with Crippen molar-refractivity contribution in [2.45, 2.75) is 50.1 Å². The lowest BCUT2D eigenvalue weighted by atomic mass is 9.83. The summed E-state index contributed by atoms with van der Waals surface area (Å²) in [7, 11) is 5.54. The number of carbonyl (C=O) groups is 1. The molecule has 1 fully saturated rings. The quantitative estimate of drug-likeness (QED) is 0.667. The van der Waals surface area contributed by atoms with Gasteiger partial charge in [0, 0.05) is 12.6 Å². The van der Waals surface area contributed by atoms with Gasteiger partial charge in [0.25, 0.3) is 0 Å². The van der Waals surface area contributed by atoms with Gasteiger partial charge in [-0.15, -0.1) is 0 Å². The Labute approximate surface area is 127 Å². The van der Waals surface area contributed by atoms with Gasteiger partial charge in [0.05, 0.1) is 7.85 Å². The topological polar surface area (TPSA) is 75.3 Å². The molecular formula is C16H23BN2O2. The van der Waals surface area contributed by atoms with Gasteiger partial charge in [-0.25, -0.2) is 0 Å². The molecule has 21 heavy (non-hydrogen) atoms. The second-order valence-corrected chi connectivity index (χ2v) is 5.98. The summed E-state index contributed by atoms with van der Waals surface area (Å²) in [5.74, 6) is -0.902. The van der Waals surface area contributed by atoms with E-state index in [0.29, 0.717) is 12.7 Å². The van der Waals surface area contributed by atoms with Gasteiger partial charge in [-0.1, -0.05) is 43.1 Å². The van der Waals surface area contributed by atoms with Crippen LogP contribution in [0.2, 0.25) is 6.32 Å². The fourth-order valence-corrected chi connectivity index (χ4v) is 3.23. The molecule has 0 spiro atoms. The predicted octanol–water partition coefficient (Wildman–Crippen LogP) is 1.70. The highest BCUT2D eigenvalue weighted by atomic mass is 16.4. The smallest absolute Gasteiger partial charge is 0.324 e. The molecule has 1 aliphatic carbocycles. The van der Waals surface area contributed by atoms with Crippen LogP contribution >= 0.6 is 0 Å². The van der Waals surface area contributed by atoms with Crippen molar-refractivity contribution in [3.63, 3.8) is 0 Å². The second kappa shape index (κ2) is 7.10. The molecule has 3 atom stereocenters.